The SMILES string of the molecule is Cc1cnc2c(S(=O)(=O)Nc3ccccc3C(=O)N3CCCCC3)cccc2c1. The van der Waals surface area contributed by atoms with Crippen molar-refractivity contribution in [2.75, 3.05) is 17.8 Å². The summed E-state index contributed by atoms with van der Waals surface area (Å²) in [5.41, 5.74) is 2.01. The molecule has 1 saturated heterocycles. The van der Waals surface area contributed by atoms with Crippen LogP contribution in [-0.4, -0.2) is 37.3 Å². The first kappa shape index (κ1) is 19.4. The zero-order valence-electron chi connectivity index (χ0n) is 16.3. The number of rotatable bonds is 4. The maximum atomic E-state index is 13.2. The molecule has 0 aliphatic carbocycles. The van der Waals surface area contributed by atoms with Gasteiger partial charge in [-0.1, -0.05) is 24.3 Å². The van der Waals surface area contributed by atoms with E-state index in [1.807, 2.05) is 19.1 Å². The number of aryl methyl sites for hydroxylation is 1. The molecule has 0 bridgehead atoms. The molecular formula is C22H23N3O3S. The number of aromatic nitrogens is 1. The molecule has 0 atom stereocenters. The third-order valence-corrected chi connectivity index (χ3v) is 6.54. The van der Waals surface area contributed by atoms with Gasteiger partial charge in [0.1, 0.15) is 4.90 Å². The zero-order valence-corrected chi connectivity index (χ0v) is 17.1. The first-order valence-electron chi connectivity index (χ1n) is 9.72. The number of sulfonamides is 1. The van der Waals surface area contributed by atoms with Crippen LogP contribution >= 0.6 is 0 Å². The summed E-state index contributed by atoms with van der Waals surface area (Å²) in [6, 6.07) is 13.7. The molecule has 4 rings (SSSR count). The van der Waals surface area contributed by atoms with Crippen molar-refractivity contribution >= 4 is 32.5 Å². The minimum Gasteiger partial charge on any atom is -0.339 e. The number of likely N-dealkylation sites (tertiary alicyclic amines) is 1. The molecule has 2 heterocycles. The number of benzene rings is 2. The number of pyridine rings is 1. The number of para-hydroxylation sites is 2. The summed E-state index contributed by atoms with van der Waals surface area (Å²) in [7, 11) is -3.92. The Morgan fingerprint density at radius 1 is 1.03 bits per heavy atom. The molecule has 0 radical (unpaired) electrons. The number of nitrogens with one attached hydrogen (secondary N) is 1. The smallest absolute Gasteiger partial charge is 0.264 e. The number of hydrogen-bond acceptors (Lipinski definition) is 4. The number of nitrogens with zero attached hydrogens (tertiary/aromatic N) is 2. The Morgan fingerprint density at radius 2 is 1.79 bits per heavy atom. The van der Waals surface area contributed by atoms with Crippen LogP contribution in [0.4, 0.5) is 5.69 Å². The van der Waals surface area contributed by atoms with E-state index in [1.54, 1.807) is 41.4 Å². The van der Waals surface area contributed by atoms with Gasteiger partial charge in [0.2, 0.25) is 0 Å². The maximum absolute atomic E-state index is 13.2. The Balaban J connectivity index is 1.70. The van der Waals surface area contributed by atoms with Crippen LogP contribution in [0.3, 0.4) is 0 Å². The number of carbonyl (C=O) groups excluding carboxylic acids is 1. The molecule has 0 spiro atoms. The lowest BCUT2D eigenvalue weighted by atomic mass is 10.1. The maximum Gasteiger partial charge on any atom is 0.264 e. The highest BCUT2D eigenvalue weighted by atomic mass is 32.2. The summed E-state index contributed by atoms with van der Waals surface area (Å²) in [4.78, 5) is 19.2. The van der Waals surface area contributed by atoms with Gasteiger partial charge in [0.25, 0.3) is 15.9 Å². The predicted octanol–water partition coefficient (Wildman–Crippen LogP) is 3.97. The lowest BCUT2D eigenvalue weighted by Gasteiger charge is -2.27. The van der Waals surface area contributed by atoms with E-state index in [9.17, 15) is 13.2 Å². The number of amides is 1. The Morgan fingerprint density at radius 3 is 2.59 bits per heavy atom. The number of piperidine rings is 1. The van der Waals surface area contributed by atoms with Gasteiger partial charge in [-0.15, -0.1) is 0 Å². The fraction of sp³-hybridized carbons (Fsp3) is 0.273. The largest absolute Gasteiger partial charge is 0.339 e. The van der Waals surface area contributed by atoms with E-state index < -0.39 is 10.0 Å². The van der Waals surface area contributed by atoms with Crippen molar-refractivity contribution < 1.29 is 13.2 Å². The first-order chi connectivity index (χ1) is 14.0. The molecule has 1 N–H and O–H groups in total. The van der Waals surface area contributed by atoms with E-state index in [1.165, 1.54) is 6.07 Å². The molecule has 150 valence electrons. The van der Waals surface area contributed by atoms with Gasteiger partial charge in [-0.05, 0) is 56.0 Å². The average Bonchev–Trinajstić information content (AvgIpc) is 2.73. The second-order valence-electron chi connectivity index (χ2n) is 7.34. The Bertz CT molecular complexity index is 1170. The molecule has 1 aliphatic heterocycles. The molecule has 0 saturated carbocycles. The third-order valence-electron chi connectivity index (χ3n) is 5.15. The van der Waals surface area contributed by atoms with E-state index in [0.717, 1.165) is 30.2 Å². The van der Waals surface area contributed by atoms with E-state index in [0.29, 0.717) is 24.2 Å². The lowest BCUT2D eigenvalue weighted by molar-refractivity contribution is 0.0725. The fourth-order valence-electron chi connectivity index (χ4n) is 3.69. The number of anilines is 1. The van der Waals surface area contributed by atoms with Gasteiger partial charge < -0.3 is 4.90 Å². The zero-order chi connectivity index (χ0) is 20.4. The van der Waals surface area contributed by atoms with Crippen LogP contribution in [-0.2, 0) is 10.0 Å². The van der Waals surface area contributed by atoms with Gasteiger partial charge in [-0.3, -0.25) is 14.5 Å². The Kier molecular flexibility index (Phi) is 5.24. The summed E-state index contributed by atoms with van der Waals surface area (Å²) in [6.07, 6.45) is 4.71. The van der Waals surface area contributed by atoms with Crippen molar-refractivity contribution in [1.29, 1.82) is 0 Å². The Hall–Kier alpha value is -2.93. The standard InChI is InChI=1S/C22H23N3O3S/c1-16-14-17-8-7-11-20(21(17)23-15-16)29(27,28)24-19-10-4-3-9-18(19)22(26)25-12-5-2-6-13-25/h3-4,7-11,14-15,24H,2,5-6,12-13H2,1H3. The van der Waals surface area contributed by atoms with Crippen molar-refractivity contribution in [3.63, 3.8) is 0 Å². The van der Waals surface area contributed by atoms with Crippen LogP contribution in [0.15, 0.2) is 59.6 Å². The molecule has 1 fully saturated rings. The summed E-state index contributed by atoms with van der Waals surface area (Å²) in [5.74, 6) is -0.144. The second kappa shape index (κ2) is 7.83. The van der Waals surface area contributed by atoms with E-state index in [-0.39, 0.29) is 16.5 Å². The minimum absolute atomic E-state index is 0.0928. The van der Waals surface area contributed by atoms with Crippen molar-refractivity contribution in [2.45, 2.75) is 31.1 Å². The summed E-state index contributed by atoms with van der Waals surface area (Å²) < 4.78 is 29.0. The Labute approximate surface area is 170 Å². The summed E-state index contributed by atoms with van der Waals surface area (Å²) >= 11 is 0. The first-order valence-corrected chi connectivity index (χ1v) is 11.2. The van der Waals surface area contributed by atoms with Crippen LogP contribution in [0.25, 0.3) is 10.9 Å². The number of fused-ring (bicyclic) bond motifs is 1. The average molecular weight is 410 g/mol. The van der Waals surface area contributed by atoms with E-state index in [4.69, 9.17) is 0 Å². The highest BCUT2D eigenvalue weighted by Gasteiger charge is 2.24. The molecule has 0 unspecified atom stereocenters. The summed E-state index contributed by atoms with van der Waals surface area (Å²) in [6.45, 7) is 3.31. The molecule has 1 aromatic heterocycles. The highest BCUT2D eigenvalue weighted by molar-refractivity contribution is 7.93. The van der Waals surface area contributed by atoms with Gasteiger partial charge in [0, 0.05) is 24.7 Å². The topological polar surface area (TPSA) is 79.4 Å². The van der Waals surface area contributed by atoms with Crippen LogP contribution in [0, 0.1) is 6.92 Å². The van der Waals surface area contributed by atoms with Gasteiger partial charge in [0.05, 0.1) is 16.8 Å². The quantitative estimate of drug-likeness (QED) is 0.707. The molecule has 3 aromatic rings. The van der Waals surface area contributed by atoms with Crippen LogP contribution in [0.1, 0.15) is 35.2 Å². The predicted molar refractivity (Wildman–Crippen MR) is 113 cm³/mol. The molecule has 29 heavy (non-hydrogen) atoms. The number of hydrogen-bond donors (Lipinski definition) is 1. The van der Waals surface area contributed by atoms with Crippen molar-refractivity contribution in [3.05, 3.63) is 65.9 Å². The fourth-order valence-corrected chi connectivity index (χ4v) is 4.95. The van der Waals surface area contributed by atoms with Crippen LogP contribution in [0.5, 0.6) is 0 Å². The summed E-state index contributed by atoms with van der Waals surface area (Å²) in [5, 5.41) is 0.755. The van der Waals surface area contributed by atoms with Gasteiger partial charge in [-0.2, -0.15) is 0 Å². The minimum atomic E-state index is -3.92. The molecule has 6 nitrogen and oxygen atoms in total. The molecule has 2 aromatic carbocycles. The number of carbonyl (C=O) groups is 1. The van der Waals surface area contributed by atoms with Crippen LogP contribution < -0.4 is 4.72 Å². The molecule has 1 aliphatic rings. The highest BCUT2D eigenvalue weighted by Crippen LogP contribution is 2.26. The van der Waals surface area contributed by atoms with Gasteiger partial charge in [0.15, 0.2) is 0 Å². The van der Waals surface area contributed by atoms with Gasteiger partial charge in [-0.25, -0.2) is 8.42 Å². The second-order valence-corrected chi connectivity index (χ2v) is 9.00. The van der Waals surface area contributed by atoms with E-state index >= 15 is 0 Å². The van der Waals surface area contributed by atoms with Crippen molar-refractivity contribution in [2.24, 2.45) is 0 Å². The molecule has 7 heteroatoms. The van der Waals surface area contributed by atoms with Crippen molar-refractivity contribution in [3.8, 4) is 0 Å². The van der Waals surface area contributed by atoms with Gasteiger partial charge >= 0.3 is 0 Å². The normalized spacial score (nSPS) is 14.7. The third kappa shape index (κ3) is 3.96. The molecule has 1 amide bonds. The van der Waals surface area contributed by atoms with E-state index in [2.05, 4.69) is 9.71 Å². The van der Waals surface area contributed by atoms with Crippen molar-refractivity contribution in [1.82, 2.24) is 9.88 Å². The van der Waals surface area contributed by atoms with Crippen LogP contribution in [0.2, 0.25) is 0 Å². The monoisotopic (exact) mass is 409 g/mol. The molecular weight excluding hydrogens is 386 g/mol. The lowest BCUT2D eigenvalue weighted by Crippen LogP contribution is -2.36.